The van der Waals surface area contributed by atoms with Crippen LogP contribution in [0, 0.1) is 0 Å². The number of hydrogen-bond acceptors (Lipinski definition) is 3. The quantitative estimate of drug-likeness (QED) is 0.628. The molecule has 3 nitrogen and oxygen atoms in total. The molecule has 86 valence electrons. The summed E-state index contributed by atoms with van der Waals surface area (Å²) < 4.78 is 0. The summed E-state index contributed by atoms with van der Waals surface area (Å²) in [5.41, 5.74) is 0. The Hall–Kier alpha value is -0.120. The lowest BCUT2D eigenvalue weighted by Crippen LogP contribution is -2.36. The standard InChI is InChI=1S/C11H27N3/c1-6-13(4)9-10-14(5)8-7-12-11(2)3/h11-12H,6-10H2,1-5H3. The monoisotopic (exact) mass is 201 g/mol. The first-order chi connectivity index (χ1) is 6.56. The predicted molar refractivity (Wildman–Crippen MR) is 63.8 cm³/mol. The van der Waals surface area contributed by atoms with Crippen LogP contribution in [0.15, 0.2) is 0 Å². The molecule has 0 heterocycles. The van der Waals surface area contributed by atoms with E-state index in [1.165, 1.54) is 0 Å². The highest BCUT2D eigenvalue weighted by atomic mass is 15.2. The van der Waals surface area contributed by atoms with Crippen LogP contribution >= 0.6 is 0 Å². The average molecular weight is 201 g/mol. The van der Waals surface area contributed by atoms with Gasteiger partial charge in [0.15, 0.2) is 0 Å². The molecule has 0 saturated heterocycles. The van der Waals surface area contributed by atoms with Gasteiger partial charge < -0.3 is 15.1 Å². The second kappa shape index (κ2) is 8.21. The van der Waals surface area contributed by atoms with Crippen LogP contribution < -0.4 is 5.32 Å². The Morgan fingerprint density at radius 3 is 2.07 bits per heavy atom. The van der Waals surface area contributed by atoms with Crippen molar-refractivity contribution < 1.29 is 0 Å². The van der Waals surface area contributed by atoms with Gasteiger partial charge >= 0.3 is 0 Å². The van der Waals surface area contributed by atoms with Gasteiger partial charge in [-0.25, -0.2) is 0 Å². The topological polar surface area (TPSA) is 18.5 Å². The van der Waals surface area contributed by atoms with Crippen molar-refractivity contribution >= 4 is 0 Å². The van der Waals surface area contributed by atoms with Gasteiger partial charge in [-0.2, -0.15) is 0 Å². The number of rotatable bonds is 8. The highest BCUT2D eigenvalue weighted by Crippen LogP contribution is 1.86. The van der Waals surface area contributed by atoms with Gasteiger partial charge in [0.2, 0.25) is 0 Å². The molecule has 3 heteroatoms. The van der Waals surface area contributed by atoms with Gasteiger partial charge in [-0.1, -0.05) is 20.8 Å². The molecule has 0 radical (unpaired) electrons. The van der Waals surface area contributed by atoms with E-state index in [0.717, 1.165) is 32.7 Å². The van der Waals surface area contributed by atoms with Crippen LogP contribution in [0.25, 0.3) is 0 Å². The summed E-state index contributed by atoms with van der Waals surface area (Å²) in [7, 11) is 4.35. The summed E-state index contributed by atoms with van der Waals surface area (Å²) >= 11 is 0. The van der Waals surface area contributed by atoms with Crippen LogP contribution in [0.5, 0.6) is 0 Å². The second-order valence-corrected chi connectivity index (χ2v) is 4.31. The van der Waals surface area contributed by atoms with Crippen molar-refractivity contribution in [1.29, 1.82) is 0 Å². The van der Waals surface area contributed by atoms with Crippen LogP contribution in [0.4, 0.5) is 0 Å². The molecule has 0 aliphatic rings. The minimum atomic E-state index is 0.599. The normalized spacial score (nSPS) is 12.0. The largest absolute Gasteiger partial charge is 0.313 e. The summed E-state index contributed by atoms with van der Waals surface area (Å²) in [5, 5.41) is 3.42. The molecule has 0 saturated carbocycles. The van der Waals surface area contributed by atoms with Crippen LogP contribution in [0.2, 0.25) is 0 Å². The van der Waals surface area contributed by atoms with Crippen molar-refractivity contribution in [1.82, 2.24) is 15.1 Å². The molecular formula is C11H27N3. The Labute approximate surface area is 89.5 Å². The Morgan fingerprint density at radius 2 is 1.57 bits per heavy atom. The van der Waals surface area contributed by atoms with Crippen molar-refractivity contribution in [2.24, 2.45) is 0 Å². The molecule has 0 amide bonds. The molecule has 1 N–H and O–H groups in total. The summed E-state index contributed by atoms with van der Waals surface area (Å²) in [4.78, 5) is 4.72. The lowest BCUT2D eigenvalue weighted by molar-refractivity contribution is 0.262. The second-order valence-electron chi connectivity index (χ2n) is 4.31. The first-order valence-electron chi connectivity index (χ1n) is 5.66. The van der Waals surface area contributed by atoms with Crippen molar-refractivity contribution in [3.63, 3.8) is 0 Å². The van der Waals surface area contributed by atoms with Crippen molar-refractivity contribution in [3.8, 4) is 0 Å². The average Bonchev–Trinajstić information content (AvgIpc) is 2.13. The molecule has 0 spiro atoms. The molecular weight excluding hydrogens is 174 g/mol. The summed E-state index contributed by atoms with van der Waals surface area (Å²) in [6, 6.07) is 0.599. The van der Waals surface area contributed by atoms with E-state index in [9.17, 15) is 0 Å². The molecule has 0 fully saturated rings. The Balaban J connectivity index is 3.32. The van der Waals surface area contributed by atoms with Gasteiger partial charge in [0.05, 0.1) is 0 Å². The zero-order chi connectivity index (χ0) is 11.0. The molecule has 0 aliphatic heterocycles. The molecule has 0 atom stereocenters. The van der Waals surface area contributed by atoms with Gasteiger partial charge in [-0.05, 0) is 20.6 Å². The van der Waals surface area contributed by atoms with Crippen LogP contribution in [-0.2, 0) is 0 Å². The maximum Gasteiger partial charge on any atom is 0.0107 e. The molecule has 0 aromatic carbocycles. The first-order valence-corrected chi connectivity index (χ1v) is 5.66. The molecule has 14 heavy (non-hydrogen) atoms. The van der Waals surface area contributed by atoms with E-state index < -0.39 is 0 Å². The zero-order valence-electron chi connectivity index (χ0n) is 10.5. The smallest absolute Gasteiger partial charge is 0.0107 e. The van der Waals surface area contributed by atoms with Gasteiger partial charge in [-0.3, -0.25) is 0 Å². The van der Waals surface area contributed by atoms with Gasteiger partial charge in [-0.15, -0.1) is 0 Å². The third-order valence-corrected chi connectivity index (χ3v) is 2.45. The van der Waals surface area contributed by atoms with Gasteiger partial charge in [0.25, 0.3) is 0 Å². The zero-order valence-corrected chi connectivity index (χ0v) is 10.5. The molecule has 0 rings (SSSR count). The van der Waals surface area contributed by atoms with E-state index >= 15 is 0 Å². The SMILES string of the molecule is CCN(C)CCN(C)CCNC(C)C. The fourth-order valence-corrected chi connectivity index (χ4v) is 1.16. The highest BCUT2D eigenvalue weighted by molar-refractivity contribution is 4.59. The molecule has 0 aliphatic carbocycles. The van der Waals surface area contributed by atoms with Crippen LogP contribution in [0.3, 0.4) is 0 Å². The predicted octanol–water partition coefficient (Wildman–Crippen LogP) is 0.868. The lowest BCUT2D eigenvalue weighted by atomic mass is 10.4. The molecule has 0 aromatic rings. The third-order valence-electron chi connectivity index (χ3n) is 2.45. The lowest BCUT2D eigenvalue weighted by Gasteiger charge is -2.21. The summed E-state index contributed by atoms with van der Waals surface area (Å²) in [6.45, 7) is 12.2. The fourth-order valence-electron chi connectivity index (χ4n) is 1.16. The molecule has 0 unspecified atom stereocenters. The van der Waals surface area contributed by atoms with E-state index in [4.69, 9.17) is 0 Å². The highest BCUT2D eigenvalue weighted by Gasteiger charge is 2.00. The Kier molecular flexibility index (Phi) is 8.14. The van der Waals surface area contributed by atoms with E-state index in [0.29, 0.717) is 6.04 Å². The first kappa shape index (κ1) is 13.9. The van der Waals surface area contributed by atoms with Crippen molar-refractivity contribution in [2.45, 2.75) is 26.8 Å². The minimum Gasteiger partial charge on any atom is -0.313 e. The third kappa shape index (κ3) is 8.48. The number of hydrogen-bond donors (Lipinski definition) is 1. The molecule has 0 bridgehead atoms. The maximum absolute atomic E-state index is 3.42. The Morgan fingerprint density at radius 1 is 1.00 bits per heavy atom. The fraction of sp³-hybridized carbons (Fsp3) is 1.00. The van der Waals surface area contributed by atoms with Crippen molar-refractivity contribution in [2.75, 3.05) is 46.8 Å². The summed E-state index contributed by atoms with van der Waals surface area (Å²) in [6.07, 6.45) is 0. The maximum atomic E-state index is 3.42. The Bertz CT molecular complexity index is 126. The number of nitrogens with one attached hydrogen (secondary N) is 1. The van der Waals surface area contributed by atoms with E-state index in [-0.39, 0.29) is 0 Å². The van der Waals surface area contributed by atoms with E-state index in [2.05, 4.69) is 50.0 Å². The number of likely N-dealkylation sites (N-methyl/N-ethyl adjacent to an activating group) is 2. The number of nitrogens with zero attached hydrogens (tertiary/aromatic N) is 2. The van der Waals surface area contributed by atoms with Gasteiger partial charge in [0, 0.05) is 32.2 Å². The van der Waals surface area contributed by atoms with Crippen molar-refractivity contribution in [3.05, 3.63) is 0 Å². The van der Waals surface area contributed by atoms with Crippen LogP contribution in [-0.4, -0.2) is 62.7 Å². The molecule has 0 aromatic heterocycles. The van der Waals surface area contributed by atoms with Crippen LogP contribution in [0.1, 0.15) is 20.8 Å². The van der Waals surface area contributed by atoms with E-state index in [1.807, 2.05) is 0 Å². The minimum absolute atomic E-state index is 0.599. The van der Waals surface area contributed by atoms with Gasteiger partial charge in [0.1, 0.15) is 0 Å². The van der Waals surface area contributed by atoms with E-state index in [1.54, 1.807) is 0 Å². The summed E-state index contributed by atoms with van der Waals surface area (Å²) in [5.74, 6) is 0.